The number of urea groups is 1. The predicted octanol–water partition coefficient (Wildman–Crippen LogP) is -1.37. The molecule has 1 rings (SSSR count). The van der Waals surface area contributed by atoms with Crippen LogP contribution in [0.5, 0.6) is 0 Å². The fourth-order valence-corrected chi connectivity index (χ4v) is 1.03. The topological polar surface area (TPSA) is 69.7 Å². The second-order valence-electron chi connectivity index (χ2n) is 2.71. The zero-order chi connectivity index (χ0) is 10.0. The molecule has 4 amide bonds. The molecule has 0 unspecified atom stereocenters. The highest BCUT2D eigenvalue weighted by molar-refractivity contribution is 6.44. The molecule has 6 heteroatoms. The zero-order valence-electron chi connectivity index (χ0n) is 7.53. The van der Waals surface area contributed by atoms with E-state index >= 15 is 0 Å². The summed E-state index contributed by atoms with van der Waals surface area (Å²) in [4.78, 5) is 35.1. The molecule has 1 aliphatic rings. The van der Waals surface area contributed by atoms with Crippen molar-refractivity contribution in [3.63, 3.8) is 0 Å². The van der Waals surface area contributed by atoms with Crippen LogP contribution in [0.3, 0.4) is 0 Å². The van der Waals surface area contributed by atoms with Crippen LogP contribution in [0.1, 0.15) is 0 Å². The van der Waals surface area contributed by atoms with Crippen LogP contribution in [0, 0.1) is 0 Å². The molecule has 0 atom stereocenters. The standard InChI is InChI=1S/C7H11N3O3/c1-8-3-4-10-6(12)5(11)9(2)7(10)13/h8H,3-4H2,1-2H3. The molecule has 0 aromatic heterocycles. The van der Waals surface area contributed by atoms with Gasteiger partial charge in [0.2, 0.25) is 0 Å². The van der Waals surface area contributed by atoms with Crippen molar-refractivity contribution in [1.82, 2.24) is 15.1 Å². The average molecular weight is 185 g/mol. The van der Waals surface area contributed by atoms with Gasteiger partial charge in [-0.25, -0.2) is 4.79 Å². The minimum Gasteiger partial charge on any atom is -0.318 e. The number of carbonyl (C=O) groups is 3. The lowest BCUT2D eigenvalue weighted by molar-refractivity contribution is -0.142. The van der Waals surface area contributed by atoms with Gasteiger partial charge in [0.05, 0.1) is 0 Å². The van der Waals surface area contributed by atoms with Crippen molar-refractivity contribution in [3.05, 3.63) is 0 Å². The molecule has 1 fully saturated rings. The lowest BCUT2D eigenvalue weighted by Gasteiger charge is -2.11. The fraction of sp³-hybridized carbons (Fsp3) is 0.571. The maximum absolute atomic E-state index is 11.2. The van der Waals surface area contributed by atoms with Gasteiger partial charge in [-0.15, -0.1) is 0 Å². The van der Waals surface area contributed by atoms with E-state index in [4.69, 9.17) is 0 Å². The van der Waals surface area contributed by atoms with Gasteiger partial charge in [-0.1, -0.05) is 0 Å². The van der Waals surface area contributed by atoms with Gasteiger partial charge in [0.1, 0.15) is 0 Å². The van der Waals surface area contributed by atoms with E-state index in [0.29, 0.717) is 6.54 Å². The molecule has 0 aromatic carbocycles. The highest BCUT2D eigenvalue weighted by Gasteiger charge is 2.41. The molecule has 0 saturated carbocycles. The highest BCUT2D eigenvalue weighted by atomic mass is 16.2. The van der Waals surface area contributed by atoms with E-state index in [0.717, 1.165) is 9.80 Å². The quantitative estimate of drug-likeness (QED) is 0.435. The second kappa shape index (κ2) is 3.53. The summed E-state index contributed by atoms with van der Waals surface area (Å²) in [5, 5.41) is 2.79. The van der Waals surface area contributed by atoms with Crippen molar-refractivity contribution in [2.75, 3.05) is 27.2 Å². The predicted molar refractivity (Wildman–Crippen MR) is 43.8 cm³/mol. The lowest BCUT2D eigenvalue weighted by atomic mass is 10.5. The van der Waals surface area contributed by atoms with Gasteiger partial charge in [-0.2, -0.15) is 0 Å². The highest BCUT2D eigenvalue weighted by Crippen LogP contribution is 2.08. The van der Waals surface area contributed by atoms with Gasteiger partial charge in [0, 0.05) is 20.1 Å². The molecule has 0 radical (unpaired) electrons. The number of rotatable bonds is 3. The van der Waals surface area contributed by atoms with E-state index < -0.39 is 17.8 Å². The van der Waals surface area contributed by atoms with Crippen LogP contribution in [0.25, 0.3) is 0 Å². The van der Waals surface area contributed by atoms with E-state index in [9.17, 15) is 14.4 Å². The fourth-order valence-electron chi connectivity index (χ4n) is 1.03. The first-order valence-electron chi connectivity index (χ1n) is 3.87. The summed E-state index contributed by atoms with van der Waals surface area (Å²) in [6, 6.07) is -0.551. The largest absolute Gasteiger partial charge is 0.333 e. The molecule has 1 aliphatic heterocycles. The molecule has 0 spiro atoms. The van der Waals surface area contributed by atoms with Gasteiger partial charge < -0.3 is 5.32 Å². The first-order chi connectivity index (χ1) is 6.09. The first-order valence-corrected chi connectivity index (χ1v) is 3.87. The Morgan fingerprint density at radius 1 is 1.23 bits per heavy atom. The van der Waals surface area contributed by atoms with Crippen LogP contribution in [-0.4, -0.2) is 54.8 Å². The SMILES string of the molecule is CNCCN1C(=O)C(=O)N(C)C1=O. The van der Waals surface area contributed by atoms with Crippen LogP contribution in [-0.2, 0) is 9.59 Å². The Morgan fingerprint density at radius 3 is 2.23 bits per heavy atom. The molecule has 13 heavy (non-hydrogen) atoms. The Kier molecular flexibility index (Phi) is 2.62. The number of carbonyl (C=O) groups excluding carboxylic acids is 3. The number of likely N-dealkylation sites (N-methyl/N-ethyl adjacent to an activating group) is 2. The third-order valence-corrected chi connectivity index (χ3v) is 1.84. The molecule has 72 valence electrons. The van der Waals surface area contributed by atoms with Crippen molar-refractivity contribution in [2.45, 2.75) is 0 Å². The number of hydrogen-bond donors (Lipinski definition) is 1. The third-order valence-electron chi connectivity index (χ3n) is 1.84. The summed E-state index contributed by atoms with van der Waals surface area (Å²) in [7, 11) is 3.00. The summed E-state index contributed by atoms with van der Waals surface area (Å²) in [6.07, 6.45) is 0. The maximum atomic E-state index is 11.2. The normalized spacial score (nSPS) is 17.5. The smallest absolute Gasteiger partial charge is 0.318 e. The van der Waals surface area contributed by atoms with Gasteiger partial charge in [0.25, 0.3) is 0 Å². The molecule has 1 saturated heterocycles. The zero-order valence-corrected chi connectivity index (χ0v) is 7.53. The van der Waals surface area contributed by atoms with E-state index in [-0.39, 0.29) is 6.54 Å². The monoisotopic (exact) mass is 185 g/mol. The first kappa shape index (κ1) is 9.66. The van der Waals surface area contributed by atoms with Crippen molar-refractivity contribution >= 4 is 17.8 Å². The van der Waals surface area contributed by atoms with E-state index in [1.807, 2.05) is 0 Å². The number of hydrogen-bond acceptors (Lipinski definition) is 4. The molecule has 0 aromatic rings. The average Bonchev–Trinajstić information content (AvgIpc) is 2.30. The Bertz CT molecular complexity index is 264. The molecular weight excluding hydrogens is 174 g/mol. The molecule has 1 N–H and O–H groups in total. The van der Waals surface area contributed by atoms with Crippen molar-refractivity contribution in [3.8, 4) is 0 Å². The summed E-state index contributed by atoms with van der Waals surface area (Å²) >= 11 is 0. The minimum atomic E-state index is -0.763. The van der Waals surface area contributed by atoms with E-state index in [1.165, 1.54) is 7.05 Å². The Balaban J connectivity index is 2.70. The van der Waals surface area contributed by atoms with Crippen molar-refractivity contribution < 1.29 is 14.4 Å². The molecule has 6 nitrogen and oxygen atoms in total. The molecular formula is C7H11N3O3. The Hall–Kier alpha value is -1.43. The Labute approximate surface area is 75.5 Å². The summed E-state index contributed by atoms with van der Waals surface area (Å²) < 4.78 is 0. The summed E-state index contributed by atoms with van der Waals surface area (Å²) in [5.41, 5.74) is 0. The molecule has 1 heterocycles. The summed E-state index contributed by atoms with van der Waals surface area (Å²) in [6.45, 7) is 0.711. The number of amides is 4. The Morgan fingerprint density at radius 2 is 1.85 bits per heavy atom. The van der Waals surface area contributed by atoms with Crippen LogP contribution >= 0.6 is 0 Å². The number of nitrogens with zero attached hydrogens (tertiary/aromatic N) is 2. The van der Waals surface area contributed by atoms with Gasteiger partial charge in [-0.05, 0) is 7.05 Å². The van der Waals surface area contributed by atoms with E-state index in [2.05, 4.69) is 5.32 Å². The number of imide groups is 2. The minimum absolute atomic E-state index is 0.226. The number of nitrogens with one attached hydrogen (secondary N) is 1. The van der Waals surface area contributed by atoms with Gasteiger partial charge in [0.15, 0.2) is 0 Å². The van der Waals surface area contributed by atoms with Crippen LogP contribution < -0.4 is 5.32 Å². The lowest BCUT2D eigenvalue weighted by Crippen LogP contribution is -2.36. The van der Waals surface area contributed by atoms with E-state index in [1.54, 1.807) is 7.05 Å². The van der Waals surface area contributed by atoms with Crippen LogP contribution in [0.15, 0.2) is 0 Å². The second-order valence-corrected chi connectivity index (χ2v) is 2.71. The maximum Gasteiger partial charge on any atom is 0.333 e. The third kappa shape index (κ3) is 1.52. The van der Waals surface area contributed by atoms with Gasteiger partial charge in [-0.3, -0.25) is 19.4 Å². The van der Waals surface area contributed by atoms with Crippen LogP contribution in [0.4, 0.5) is 4.79 Å². The molecule has 0 aliphatic carbocycles. The van der Waals surface area contributed by atoms with Gasteiger partial charge >= 0.3 is 17.8 Å². The summed E-state index contributed by atoms with van der Waals surface area (Å²) in [5.74, 6) is -1.51. The van der Waals surface area contributed by atoms with Crippen LogP contribution in [0.2, 0.25) is 0 Å². The van der Waals surface area contributed by atoms with Crippen molar-refractivity contribution in [1.29, 1.82) is 0 Å². The van der Waals surface area contributed by atoms with Crippen molar-refractivity contribution in [2.24, 2.45) is 0 Å². The molecule has 0 bridgehead atoms.